The Morgan fingerprint density at radius 3 is 2.53 bits per heavy atom. The van der Waals surface area contributed by atoms with Crippen molar-refractivity contribution in [3.8, 4) is 5.69 Å². The van der Waals surface area contributed by atoms with Crippen molar-refractivity contribution in [1.29, 1.82) is 0 Å². The van der Waals surface area contributed by atoms with Crippen LogP contribution in [0, 0.1) is 11.2 Å². The maximum Gasteiger partial charge on any atom is 0.268 e. The summed E-state index contributed by atoms with van der Waals surface area (Å²) in [6.07, 6.45) is 2.20. The van der Waals surface area contributed by atoms with Gasteiger partial charge in [0.25, 0.3) is 11.5 Å². The summed E-state index contributed by atoms with van der Waals surface area (Å²) < 4.78 is 14.6. The number of ketones is 1. The number of pyridine rings is 1. The molecule has 1 aliphatic carbocycles. The molecule has 0 radical (unpaired) electrons. The highest BCUT2D eigenvalue weighted by Gasteiger charge is 2.35. The molecule has 0 fully saturated rings. The molecule has 1 aliphatic rings. The molecule has 0 atom stereocenters. The fraction of sp³-hybridized carbons (Fsp3) is 0.240. The third-order valence-corrected chi connectivity index (χ3v) is 5.82. The van der Waals surface area contributed by atoms with Crippen molar-refractivity contribution in [1.82, 2.24) is 9.88 Å². The van der Waals surface area contributed by atoms with Crippen LogP contribution in [-0.4, -0.2) is 16.3 Å². The van der Waals surface area contributed by atoms with E-state index in [0.29, 0.717) is 34.7 Å². The minimum atomic E-state index is -0.562. The third-order valence-electron chi connectivity index (χ3n) is 5.59. The smallest absolute Gasteiger partial charge is 0.268 e. The number of Topliss-reactive ketones (excluding diaryl/α,β-unsaturated/α-hetero) is 1. The van der Waals surface area contributed by atoms with Gasteiger partial charge in [0.2, 0.25) is 0 Å². The zero-order valence-corrected chi connectivity index (χ0v) is 18.5. The molecule has 1 N–H and O–H groups in total. The number of aromatic nitrogens is 1. The predicted octanol–water partition coefficient (Wildman–Crippen LogP) is 4.72. The van der Waals surface area contributed by atoms with Crippen LogP contribution in [0.4, 0.5) is 4.39 Å². The molecule has 1 amide bonds. The van der Waals surface area contributed by atoms with Gasteiger partial charge in [0.15, 0.2) is 5.78 Å². The highest BCUT2D eigenvalue weighted by molar-refractivity contribution is 6.30. The van der Waals surface area contributed by atoms with Crippen LogP contribution in [-0.2, 0) is 13.0 Å². The van der Waals surface area contributed by atoms with Gasteiger partial charge in [-0.1, -0.05) is 37.6 Å². The summed E-state index contributed by atoms with van der Waals surface area (Å²) in [5.74, 6) is -1.14. The second-order valence-electron chi connectivity index (χ2n) is 8.80. The van der Waals surface area contributed by atoms with Gasteiger partial charge in [0.05, 0.1) is 0 Å². The van der Waals surface area contributed by atoms with Crippen molar-refractivity contribution in [2.45, 2.75) is 33.2 Å². The van der Waals surface area contributed by atoms with Crippen molar-refractivity contribution in [2.75, 3.05) is 0 Å². The first kappa shape index (κ1) is 22.0. The van der Waals surface area contributed by atoms with Gasteiger partial charge < -0.3 is 5.32 Å². The largest absolute Gasteiger partial charge is 0.348 e. The molecular weight excluding hydrogens is 431 g/mol. The second kappa shape index (κ2) is 8.36. The van der Waals surface area contributed by atoms with Crippen LogP contribution in [0.2, 0.25) is 5.02 Å². The van der Waals surface area contributed by atoms with Crippen LogP contribution < -0.4 is 10.9 Å². The first-order valence-corrected chi connectivity index (χ1v) is 10.6. The summed E-state index contributed by atoms with van der Waals surface area (Å²) in [5.41, 5.74) is 0.978. The van der Waals surface area contributed by atoms with Crippen LogP contribution in [0.5, 0.6) is 0 Å². The van der Waals surface area contributed by atoms with Crippen molar-refractivity contribution < 1.29 is 14.0 Å². The molecule has 2 aromatic carbocycles. The van der Waals surface area contributed by atoms with E-state index >= 15 is 0 Å². The summed E-state index contributed by atoms with van der Waals surface area (Å²) in [6.45, 7) is 4.05. The molecular formula is C25H22ClFN2O3. The van der Waals surface area contributed by atoms with E-state index in [2.05, 4.69) is 5.32 Å². The number of rotatable bonds is 4. The summed E-state index contributed by atoms with van der Waals surface area (Å²) in [4.78, 5) is 39.6. The normalized spacial score (nSPS) is 14.7. The van der Waals surface area contributed by atoms with Crippen molar-refractivity contribution in [2.24, 2.45) is 5.41 Å². The van der Waals surface area contributed by atoms with Gasteiger partial charge in [-0.15, -0.1) is 0 Å². The molecule has 7 heteroatoms. The minimum Gasteiger partial charge on any atom is -0.348 e. The van der Waals surface area contributed by atoms with Crippen LogP contribution in [0.25, 0.3) is 5.69 Å². The predicted molar refractivity (Wildman–Crippen MR) is 121 cm³/mol. The maximum atomic E-state index is 13.4. The maximum absolute atomic E-state index is 13.4. The number of nitrogens with zero attached hydrogens (tertiary/aromatic N) is 1. The standard InChI is InChI=1S/C25H22ClFN2O3/c1-25(2)11-19-20(21(30)12-25)14-29(18-8-6-17(27)7-9-18)24(32)22(19)23(31)28-13-15-4-3-5-16(26)10-15/h3-10,14H,11-13H2,1-2H3,(H,28,31). The van der Waals surface area contributed by atoms with Crippen LogP contribution in [0.3, 0.4) is 0 Å². The van der Waals surface area contributed by atoms with E-state index in [1.807, 2.05) is 19.9 Å². The number of hydrogen-bond acceptors (Lipinski definition) is 3. The lowest BCUT2D eigenvalue weighted by Crippen LogP contribution is -2.38. The van der Waals surface area contributed by atoms with E-state index in [1.54, 1.807) is 18.2 Å². The summed E-state index contributed by atoms with van der Waals surface area (Å²) in [7, 11) is 0. The molecule has 4 rings (SSSR count). The molecule has 5 nitrogen and oxygen atoms in total. The lowest BCUT2D eigenvalue weighted by molar-refractivity contribution is 0.0909. The van der Waals surface area contributed by atoms with Gasteiger partial charge in [0.1, 0.15) is 11.4 Å². The Morgan fingerprint density at radius 1 is 1.12 bits per heavy atom. The number of benzene rings is 2. The molecule has 0 spiro atoms. The van der Waals surface area contributed by atoms with Crippen molar-refractivity contribution >= 4 is 23.3 Å². The second-order valence-corrected chi connectivity index (χ2v) is 9.24. The minimum absolute atomic E-state index is 0.0602. The number of carbonyl (C=O) groups excluding carboxylic acids is 2. The molecule has 0 bridgehead atoms. The van der Waals surface area contributed by atoms with Crippen LogP contribution in [0.1, 0.15) is 52.1 Å². The fourth-order valence-corrected chi connectivity index (χ4v) is 4.30. The lowest BCUT2D eigenvalue weighted by atomic mass is 9.73. The number of hydrogen-bond donors (Lipinski definition) is 1. The number of halogens is 2. The Kier molecular flexibility index (Phi) is 5.73. The van der Waals surface area contributed by atoms with E-state index in [9.17, 15) is 18.8 Å². The van der Waals surface area contributed by atoms with E-state index in [0.717, 1.165) is 5.56 Å². The highest BCUT2D eigenvalue weighted by Crippen LogP contribution is 2.35. The van der Waals surface area contributed by atoms with Gasteiger partial charge in [-0.05, 0) is 59.4 Å². The van der Waals surface area contributed by atoms with Gasteiger partial charge in [-0.25, -0.2) is 4.39 Å². The highest BCUT2D eigenvalue weighted by atomic mass is 35.5. The molecule has 32 heavy (non-hydrogen) atoms. The molecule has 1 aromatic heterocycles. The molecule has 164 valence electrons. The van der Waals surface area contributed by atoms with Crippen molar-refractivity contribution in [3.63, 3.8) is 0 Å². The SMILES string of the molecule is CC1(C)CC(=O)c2cn(-c3ccc(F)cc3)c(=O)c(C(=O)NCc3cccc(Cl)c3)c2C1. The average Bonchev–Trinajstić information content (AvgIpc) is 2.72. The monoisotopic (exact) mass is 452 g/mol. The zero-order valence-electron chi connectivity index (χ0n) is 17.7. The zero-order chi connectivity index (χ0) is 23.0. The molecule has 0 aliphatic heterocycles. The van der Waals surface area contributed by atoms with E-state index in [4.69, 9.17) is 11.6 Å². The Morgan fingerprint density at radius 2 is 1.84 bits per heavy atom. The number of carbonyl (C=O) groups is 2. The van der Waals surface area contributed by atoms with E-state index < -0.39 is 17.3 Å². The molecule has 0 unspecified atom stereocenters. The first-order chi connectivity index (χ1) is 15.1. The van der Waals surface area contributed by atoms with Crippen LogP contribution in [0.15, 0.2) is 59.5 Å². The quantitative estimate of drug-likeness (QED) is 0.623. The summed E-state index contributed by atoms with van der Waals surface area (Å²) in [6, 6.07) is 12.4. The average molecular weight is 453 g/mol. The van der Waals surface area contributed by atoms with Crippen LogP contribution >= 0.6 is 11.6 Å². The summed E-state index contributed by atoms with van der Waals surface area (Å²) in [5, 5.41) is 3.32. The van der Waals surface area contributed by atoms with Gasteiger partial charge in [-0.2, -0.15) is 0 Å². The first-order valence-electron chi connectivity index (χ1n) is 10.2. The Hall–Kier alpha value is -3.25. The Balaban J connectivity index is 1.81. The third kappa shape index (κ3) is 4.36. The van der Waals surface area contributed by atoms with E-state index in [-0.39, 0.29) is 23.3 Å². The Bertz CT molecular complexity index is 1280. The van der Waals surface area contributed by atoms with Gasteiger partial charge >= 0.3 is 0 Å². The number of amides is 1. The van der Waals surface area contributed by atoms with Gasteiger partial charge in [-0.3, -0.25) is 19.0 Å². The Labute approximate surface area is 189 Å². The fourth-order valence-electron chi connectivity index (χ4n) is 4.09. The molecule has 1 heterocycles. The lowest BCUT2D eigenvalue weighted by Gasteiger charge is -2.31. The molecule has 0 saturated heterocycles. The van der Waals surface area contributed by atoms with E-state index in [1.165, 1.54) is 35.0 Å². The topological polar surface area (TPSA) is 68.2 Å². The molecule has 0 saturated carbocycles. The number of fused-ring (bicyclic) bond motifs is 1. The van der Waals surface area contributed by atoms with Gasteiger partial charge in [0, 0.05) is 35.4 Å². The van der Waals surface area contributed by atoms with Crippen molar-refractivity contribution in [3.05, 3.63) is 98.2 Å². The summed E-state index contributed by atoms with van der Waals surface area (Å²) >= 11 is 6.01. The number of nitrogens with one attached hydrogen (secondary N) is 1. The molecule has 3 aromatic rings.